The van der Waals surface area contributed by atoms with Gasteiger partial charge in [0.1, 0.15) is 41.1 Å². The lowest BCUT2D eigenvalue weighted by Gasteiger charge is -2.10. The lowest BCUT2D eigenvalue weighted by molar-refractivity contribution is 0.296. The number of nitrogens with zero attached hydrogens (tertiary/aromatic N) is 4. The summed E-state index contributed by atoms with van der Waals surface area (Å²) in [5.74, 6) is 3.10. The van der Waals surface area contributed by atoms with Crippen LogP contribution in [0.2, 0.25) is 0 Å². The number of nitrogens with two attached hydrogens (primary N) is 2. The van der Waals surface area contributed by atoms with Crippen LogP contribution in [0.4, 0.5) is 11.6 Å². The van der Waals surface area contributed by atoms with Gasteiger partial charge in [-0.3, -0.25) is 0 Å². The van der Waals surface area contributed by atoms with Crippen molar-refractivity contribution in [1.82, 2.24) is 19.5 Å². The molecule has 4 rings (SSSR count). The topological polar surface area (TPSA) is 114 Å². The number of aryl methyl sites for hydroxylation is 1. The smallest absolute Gasteiger partial charge is 0.160 e. The van der Waals surface area contributed by atoms with Crippen molar-refractivity contribution in [3.05, 3.63) is 54.4 Å². The summed E-state index contributed by atoms with van der Waals surface area (Å²) in [6.07, 6.45) is 0. The fourth-order valence-corrected chi connectivity index (χ4v) is 3.21. The van der Waals surface area contributed by atoms with Gasteiger partial charge < -0.3 is 25.5 Å². The number of benzene rings is 1. The van der Waals surface area contributed by atoms with E-state index in [-0.39, 0.29) is 0 Å². The lowest BCUT2D eigenvalue weighted by Crippen LogP contribution is -2.10. The highest BCUT2D eigenvalue weighted by atomic mass is 16.5. The molecule has 0 bridgehead atoms. The normalized spacial score (nSPS) is 11.0. The van der Waals surface area contributed by atoms with E-state index in [1.807, 2.05) is 47.9 Å². The molecule has 148 valence electrons. The molecule has 0 saturated heterocycles. The highest BCUT2D eigenvalue weighted by Gasteiger charge is 2.12. The minimum Gasteiger partial charge on any atom is -0.497 e. The van der Waals surface area contributed by atoms with Crippen molar-refractivity contribution < 1.29 is 9.47 Å². The average molecular weight is 390 g/mol. The zero-order valence-electron chi connectivity index (χ0n) is 16.3. The van der Waals surface area contributed by atoms with E-state index in [1.54, 1.807) is 19.2 Å². The number of rotatable bonds is 6. The number of hydrogen-bond donors (Lipinski definition) is 2. The standard InChI is InChI=1S/C21H22N6O2/c1-13-24-18-7-6-17(14-10-19(22)26-20(23)11-14)25-21(18)27(13)8-9-29-16-5-3-4-15(12-16)28-2/h3-7,10-12H,8-9H2,1-2H3,(H4,22,23,26). The van der Waals surface area contributed by atoms with Crippen molar-refractivity contribution in [3.63, 3.8) is 0 Å². The molecule has 0 spiro atoms. The quantitative estimate of drug-likeness (QED) is 0.520. The Morgan fingerprint density at radius 2 is 1.69 bits per heavy atom. The highest BCUT2D eigenvalue weighted by molar-refractivity contribution is 5.77. The van der Waals surface area contributed by atoms with Gasteiger partial charge in [-0.25, -0.2) is 15.0 Å². The Balaban J connectivity index is 1.59. The van der Waals surface area contributed by atoms with Crippen LogP contribution in [-0.2, 0) is 6.54 Å². The van der Waals surface area contributed by atoms with Gasteiger partial charge in [0, 0.05) is 11.6 Å². The lowest BCUT2D eigenvalue weighted by atomic mass is 10.1. The fourth-order valence-electron chi connectivity index (χ4n) is 3.21. The van der Waals surface area contributed by atoms with Crippen LogP contribution in [0.5, 0.6) is 11.5 Å². The van der Waals surface area contributed by atoms with E-state index >= 15 is 0 Å². The van der Waals surface area contributed by atoms with E-state index in [1.165, 1.54) is 0 Å². The molecule has 29 heavy (non-hydrogen) atoms. The molecule has 8 nitrogen and oxygen atoms in total. The van der Waals surface area contributed by atoms with Crippen LogP contribution in [0.1, 0.15) is 5.82 Å². The number of anilines is 2. The molecule has 3 aromatic heterocycles. The van der Waals surface area contributed by atoms with Crippen LogP contribution in [-0.4, -0.2) is 33.2 Å². The Labute approximate surface area is 168 Å². The first kappa shape index (κ1) is 18.5. The van der Waals surface area contributed by atoms with Crippen LogP contribution < -0.4 is 20.9 Å². The van der Waals surface area contributed by atoms with Gasteiger partial charge >= 0.3 is 0 Å². The summed E-state index contributed by atoms with van der Waals surface area (Å²) in [5.41, 5.74) is 14.8. The molecular formula is C21H22N6O2. The Hall–Kier alpha value is -3.81. The van der Waals surface area contributed by atoms with Crippen LogP contribution in [0.15, 0.2) is 48.5 Å². The van der Waals surface area contributed by atoms with Gasteiger partial charge in [0.2, 0.25) is 0 Å². The van der Waals surface area contributed by atoms with E-state index in [0.29, 0.717) is 24.8 Å². The number of fused-ring (bicyclic) bond motifs is 1. The fraction of sp³-hybridized carbons (Fsp3) is 0.190. The molecule has 0 aliphatic rings. The Kier molecular flexibility index (Phi) is 4.90. The zero-order chi connectivity index (χ0) is 20.4. The van der Waals surface area contributed by atoms with Crippen molar-refractivity contribution in [2.75, 3.05) is 25.2 Å². The summed E-state index contributed by atoms with van der Waals surface area (Å²) in [6.45, 7) is 3.03. The van der Waals surface area contributed by atoms with Gasteiger partial charge in [0.25, 0.3) is 0 Å². The molecule has 4 aromatic rings. The van der Waals surface area contributed by atoms with E-state index in [0.717, 1.165) is 39.7 Å². The summed E-state index contributed by atoms with van der Waals surface area (Å²) < 4.78 is 13.1. The van der Waals surface area contributed by atoms with E-state index in [9.17, 15) is 0 Å². The van der Waals surface area contributed by atoms with Crippen LogP contribution in [0.3, 0.4) is 0 Å². The number of pyridine rings is 2. The largest absolute Gasteiger partial charge is 0.497 e. The van der Waals surface area contributed by atoms with Gasteiger partial charge in [-0.2, -0.15) is 0 Å². The Morgan fingerprint density at radius 3 is 2.45 bits per heavy atom. The van der Waals surface area contributed by atoms with Crippen molar-refractivity contribution in [1.29, 1.82) is 0 Å². The third-order valence-corrected chi connectivity index (χ3v) is 4.57. The summed E-state index contributed by atoms with van der Waals surface area (Å²) in [6, 6.07) is 14.9. The summed E-state index contributed by atoms with van der Waals surface area (Å²) in [5, 5.41) is 0. The third-order valence-electron chi connectivity index (χ3n) is 4.57. The summed E-state index contributed by atoms with van der Waals surface area (Å²) in [4.78, 5) is 13.4. The molecule has 8 heteroatoms. The maximum Gasteiger partial charge on any atom is 0.160 e. The van der Waals surface area contributed by atoms with Gasteiger partial charge in [-0.15, -0.1) is 0 Å². The maximum atomic E-state index is 5.87. The average Bonchev–Trinajstić information content (AvgIpc) is 3.02. The summed E-state index contributed by atoms with van der Waals surface area (Å²) >= 11 is 0. The van der Waals surface area contributed by atoms with Crippen LogP contribution in [0.25, 0.3) is 22.4 Å². The molecule has 1 aromatic carbocycles. The van der Waals surface area contributed by atoms with E-state index in [4.69, 9.17) is 25.9 Å². The van der Waals surface area contributed by atoms with Crippen molar-refractivity contribution in [2.45, 2.75) is 13.5 Å². The molecule has 0 fully saturated rings. The minimum absolute atomic E-state index is 0.360. The molecule has 4 N–H and O–H groups in total. The molecule has 0 aliphatic heterocycles. The highest BCUT2D eigenvalue weighted by Crippen LogP contribution is 2.24. The van der Waals surface area contributed by atoms with Gasteiger partial charge in [0.05, 0.1) is 19.3 Å². The predicted molar refractivity (Wildman–Crippen MR) is 113 cm³/mol. The molecule has 0 unspecified atom stereocenters. The second kappa shape index (κ2) is 7.67. The van der Waals surface area contributed by atoms with Gasteiger partial charge in [0.15, 0.2) is 5.65 Å². The van der Waals surface area contributed by atoms with E-state index in [2.05, 4.69) is 9.97 Å². The van der Waals surface area contributed by atoms with Gasteiger partial charge in [-0.05, 0) is 43.3 Å². The van der Waals surface area contributed by atoms with Crippen molar-refractivity contribution in [2.24, 2.45) is 0 Å². The molecular weight excluding hydrogens is 368 g/mol. The predicted octanol–water partition coefficient (Wildman–Crippen LogP) is 3.05. The first-order chi connectivity index (χ1) is 14.0. The first-order valence-corrected chi connectivity index (χ1v) is 9.17. The molecule has 0 radical (unpaired) electrons. The number of methoxy groups -OCH3 is 1. The summed E-state index contributed by atoms with van der Waals surface area (Å²) in [7, 11) is 1.63. The minimum atomic E-state index is 0.360. The monoisotopic (exact) mass is 390 g/mol. The van der Waals surface area contributed by atoms with Gasteiger partial charge in [-0.1, -0.05) is 6.07 Å². The molecule has 0 amide bonds. The van der Waals surface area contributed by atoms with Crippen LogP contribution >= 0.6 is 0 Å². The SMILES string of the molecule is COc1cccc(OCCn2c(C)nc3ccc(-c4cc(N)nc(N)c4)nc32)c1. The molecule has 0 aliphatic carbocycles. The van der Waals surface area contributed by atoms with Crippen molar-refractivity contribution >= 4 is 22.8 Å². The first-order valence-electron chi connectivity index (χ1n) is 9.17. The number of hydrogen-bond acceptors (Lipinski definition) is 7. The molecule has 0 atom stereocenters. The number of imidazole rings is 1. The second-order valence-corrected chi connectivity index (χ2v) is 6.58. The second-order valence-electron chi connectivity index (χ2n) is 6.58. The number of nitrogen functional groups attached to an aromatic ring is 2. The number of ether oxygens (including phenoxy) is 2. The maximum absolute atomic E-state index is 5.87. The van der Waals surface area contributed by atoms with Crippen molar-refractivity contribution in [3.8, 4) is 22.8 Å². The van der Waals surface area contributed by atoms with Crippen LogP contribution in [0, 0.1) is 6.92 Å². The zero-order valence-corrected chi connectivity index (χ0v) is 16.3. The van der Waals surface area contributed by atoms with E-state index < -0.39 is 0 Å². The molecule has 3 heterocycles. The Bertz CT molecular complexity index is 1150. The third kappa shape index (κ3) is 3.91. The Morgan fingerprint density at radius 1 is 0.931 bits per heavy atom. The number of aromatic nitrogens is 4. The molecule has 0 saturated carbocycles.